The molecule has 1 aromatic carbocycles. The third-order valence-corrected chi connectivity index (χ3v) is 4.54. The number of halogens is 1. The number of nitrogens with one attached hydrogen (secondary N) is 3. The van der Waals surface area contributed by atoms with Crippen LogP contribution in [0.1, 0.15) is 17.8 Å². The van der Waals surface area contributed by atoms with Gasteiger partial charge in [-0.1, -0.05) is 18.2 Å². The number of thiocarbonyl (C=S) groups is 1. The Morgan fingerprint density at radius 1 is 1.26 bits per heavy atom. The van der Waals surface area contributed by atoms with Crippen molar-refractivity contribution in [3.63, 3.8) is 0 Å². The second-order valence-corrected chi connectivity index (χ2v) is 6.15. The Labute approximate surface area is 148 Å². The fourth-order valence-corrected chi connectivity index (χ4v) is 2.43. The first-order chi connectivity index (χ1) is 11.0. The van der Waals surface area contributed by atoms with Crippen LogP contribution in [-0.4, -0.2) is 20.8 Å². The van der Waals surface area contributed by atoms with Crippen LogP contribution in [0.3, 0.4) is 0 Å². The highest BCUT2D eigenvalue weighted by Crippen LogP contribution is 2.19. The predicted octanol–water partition coefficient (Wildman–Crippen LogP) is 2.67. The molecule has 0 aliphatic carbocycles. The van der Waals surface area contributed by atoms with E-state index in [1.54, 1.807) is 4.68 Å². The molecule has 0 aliphatic heterocycles. The summed E-state index contributed by atoms with van der Waals surface area (Å²) in [6.45, 7) is 4.38. The van der Waals surface area contributed by atoms with Crippen LogP contribution < -0.4 is 16.2 Å². The van der Waals surface area contributed by atoms with Crippen molar-refractivity contribution in [3.8, 4) is 0 Å². The molecular formula is C15H18BrN5OS. The minimum atomic E-state index is -0.161. The van der Waals surface area contributed by atoms with Crippen molar-refractivity contribution < 1.29 is 4.79 Å². The lowest BCUT2D eigenvalue weighted by atomic mass is 10.3. The molecule has 122 valence electrons. The van der Waals surface area contributed by atoms with Gasteiger partial charge in [-0.2, -0.15) is 5.10 Å². The molecule has 3 N–H and O–H groups in total. The number of amides is 1. The van der Waals surface area contributed by atoms with E-state index in [4.69, 9.17) is 12.2 Å². The van der Waals surface area contributed by atoms with Crippen LogP contribution in [0.4, 0.5) is 5.69 Å². The highest BCUT2D eigenvalue weighted by atomic mass is 79.9. The van der Waals surface area contributed by atoms with Gasteiger partial charge in [0.15, 0.2) is 5.11 Å². The number of hydrogen-bond acceptors (Lipinski definition) is 3. The van der Waals surface area contributed by atoms with E-state index in [9.17, 15) is 4.79 Å². The normalized spacial score (nSPS) is 10.2. The molecule has 0 radical (unpaired) electrons. The molecule has 6 nitrogen and oxygen atoms in total. The molecule has 0 saturated carbocycles. The van der Waals surface area contributed by atoms with Gasteiger partial charge in [-0.15, -0.1) is 0 Å². The van der Waals surface area contributed by atoms with Gasteiger partial charge in [-0.05, 0) is 54.1 Å². The largest absolute Gasteiger partial charge is 0.331 e. The molecule has 2 aromatic rings. The minimum absolute atomic E-state index is 0.161. The third-order valence-electron chi connectivity index (χ3n) is 3.19. The fraction of sp³-hybridized carbons (Fsp3) is 0.267. The van der Waals surface area contributed by atoms with Crippen LogP contribution in [0.15, 0.2) is 34.8 Å². The molecule has 0 fully saturated rings. The Balaban J connectivity index is 1.74. The van der Waals surface area contributed by atoms with Crippen LogP contribution in [0.2, 0.25) is 0 Å². The van der Waals surface area contributed by atoms with Crippen LogP contribution >= 0.6 is 28.1 Å². The number of carbonyl (C=O) groups excluding carboxylic acids is 1. The van der Waals surface area contributed by atoms with Crippen molar-refractivity contribution in [1.29, 1.82) is 0 Å². The summed E-state index contributed by atoms with van der Waals surface area (Å²) in [4.78, 5) is 11.9. The second-order valence-electron chi connectivity index (χ2n) is 4.95. The van der Waals surface area contributed by atoms with Gasteiger partial charge in [0.2, 0.25) is 5.91 Å². The Hall–Kier alpha value is -1.93. The maximum atomic E-state index is 11.9. The lowest BCUT2D eigenvalue weighted by Gasteiger charge is -2.11. The van der Waals surface area contributed by atoms with Gasteiger partial charge in [0, 0.05) is 17.8 Å². The third kappa shape index (κ3) is 5.04. The van der Waals surface area contributed by atoms with E-state index < -0.39 is 0 Å². The zero-order valence-electron chi connectivity index (χ0n) is 12.9. The summed E-state index contributed by atoms with van der Waals surface area (Å²) in [7, 11) is 0. The van der Waals surface area contributed by atoms with Crippen molar-refractivity contribution >= 4 is 44.9 Å². The van der Waals surface area contributed by atoms with Crippen molar-refractivity contribution in [1.82, 2.24) is 20.6 Å². The first-order valence-electron chi connectivity index (χ1n) is 7.07. The van der Waals surface area contributed by atoms with Crippen LogP contribution in [0.25, 0.3) is 0 Å². The zero-order chi connectivity index (χ0) is 16.8. The summed E-state index contributed by atoms with van der Waals surface area (Å²) in [6, 6.07) is 9.49. The average Bonchev–Trinajstić information content (AvgIpc) is 2.79. The van der Waals surface area contributed by atoms with Gasteiger partial charge in [0.25, 0.3) is 0 Å². The Morgan fingerprint density at radius 2 is 1.96 bits per heavy atom. The summed E-state index contributed by atoms with van der Waals surface area (Å²) in [6.07, 6.45) is 0.301. The molecule has 1 amide bonds. The molecule has 2 rings (SSSR count). The fourth-order valence-electron chi connectivity index (χ4n) is 1.97. The maximum Gasteiger partial charge on any atom is 0.240 e. The van der Waals surface area contributed by atoms with E-state index >= 15 is 0 Å². The number of nitrogens with zero attached hydrogens (tertiary/aromatic N) is 2. The van der Waals surface area contributed by atoms with Gasteiger partial charge in [0.05, 0.1) is 16.7 Å². The molecule has 0 spiro atoms. The topological polar surface area (TPSA) is 71.0 Å². The molecule has 1 aromatic heterocycles. The van der Waals surface area contributed by atoms with E-state index in [1.807, 2.05) is 44.2 Å². The molecule has 0 unspecified atom stereocenters. The highest BCUT2D eigenvalue weighted by Gasteiger charge is 2.10. The van der Waals surface area contributed by atoms with Gasteiger partial charge in [-0.3, -0.25) is 20.3 Å². The number of hydrazine groups is 1. The van der Waals surface area contributed by atoms with Gasteiger partial charge < -0.3 is 5.32 Å². The summed E-state index contributed by atoms with van der Waals surface area (Å²) >= 11 is 8.58. The minimum Gasteiger partial charge on any atom is -0.331 e. The molecule has 0 bridgehead atoms. The smallest absolute Gasteiger partial charge is 0.240 e. The van der Waals surface area contributed by atoms with Crippen molar-refractivity contribution in [2.24, 2.45) is 0 Å². The van der Waals surface area contributed by atoms with E-state index in [0.717, 1.165) is 21.5 Å². The van der Waals surface area contributed by atoms with Gasteiger partial charge >= 0.3 is 0 Å². The Bertz CT molecular complexity index is 701. The summed E-state index contributed by atoms with van der Waals surface area (Å²) < 4.78 is 2.78. The SMILES string of the molecule is Cc1nn(CCC(=O)NNC(=S)Nc2ccccc2)c(C)c1Br. The summed E-state index contributed by atoms with van der Waals surface area (Å²) in [5, 5.41) is 7.67. The van der Waals surface area contributed by atoms with E-state index in [2.05, 4.69) is 37.2 Å². The monoisotopic (exact) mass is 395 g/mol. The molecule has 0 atom stereocenters. The average molecular weight is 396 g/mol. The van der Waals surface area contributed by atoms with Crippen LogP contribution in [0, 0.1) is 13.8 Å². The molecular weight excluding hydrogens is 378 g/mol. The van der Waals surface area contributed by atoms with Gasteiger partial charge in [-0.25, -0.2) is 0 Å². The first-order valence-corrected chi connectivity index (χ1v) is 8.28. The molecule has 23 heavy (non-hydrogen) atoms. The summed E-state index contributed by atoms with van der Waals surface area (Å²) in [5.74, 6) is -0.161. The highest BCUT2D eigenvalue weighted by molar-refractivity contribution is 9.10. The number of anilines is 1. The second kappa shape index (κ2) is 8.07. The van der Waals surface area contributed by atoms with E-state index in [-0.39, 0.29) is 5.91 Å². The van der Waals surface area contributed by atoms with Crippen molar-refractivity contribution in [2.75, 3.05) is 5.32 Å². The number of aromatic nitrogens is 2. The zero-order valence-corrected chi connectivity index (χ0v) is 15.3. The molecule has 0 saturated heterocycles. The molecule has 0 aliphatic rings. The number of hydrogen-bond donors (Lipinski definition) is 3. The lowest BCUT2D eigenvalue weighted by molar-refractivity contribution is -0.121. The number of carbonyl (C=O) groups is 1. The van der Waals surface area contributed by atoms with Gasteiger partial charge in [0.1, 0.15) is 0 Å². The number of benzene rings is 1. The van der Waals surface area contributed by atoms with Crippen LogP contribution in [-0.2, 0) is 11.3 Å². The molecule has 1 heterocycles. The number of aryl methyl sites for hydroxylation is 2. The van der Waals surface area contributed by atoms with Crippen molar-refractivity contribution in [2.45, 2.75) is 26.8 Å². The molecule has 8 heteroatoms. The maximum absolute atomic E-state index is 11.9. The quantitative estimate of drug-likeness (QED) is 0.548. The number of para-hydroxylation sites is 1. The Kier molecular flexibility index (Phi) is 6.12. The number of rotatable bonds is 4. The standard InChI is InChI=1S/C15H18BrN5OS/c1-10-14(16)11(2)21(20-10)9-8-13(22)18-19-15(23)17-12-6-4-3-5-7-12/h3-7H,8-9H2,1-2H3,(H,18,22)(H2,17,19,23). The van der Waals surface area contributed by atoms with E-state index in [0.29, 0.717) is 18.1 Å². The van der Waals surface area contributed by atoms with Crippen molar-refractivity contribution in [3.05, 3.63) is 46.2 Å². The van der Waals surface area contributed by atoms with E-state index in [1.165, 1.54) is 0 Å². The first kappa shape index (κ1) is 17.4. The Morgan fingerprint density at radius 3 is 2.57 bits per heavy atom. The predicted molar refractivity (Wildman–Crippen MR) is 98.0 cm³/mol. The summed E-state index contributed by atoms with van der Waals surface area (Å²) in [5.41, 5.74) is 8.02. The lowest BCUT2D eigenvalue weighted by Crippen LogP contribution is -2.44. The van der Waals surface area contributed by atoms with Crippen LogP contribution in [0.5, 0.6) is 0 Å².